The summed E-state index contributed by atoms with van der Waals surface area (Å²) in [6.45, 7) is 1.51. The molecular weight excluding hydrogens is 268 g/mol. The fourth-order valence-corrected chi connectivity index (χ4v) is 3.02. The van der Waals surface area contributed by atoms with Gasteiger partial charge in [-0.1, -0.05) is 6.07 Å². The molecule has 112 valence electrons. The molecule has 0 aliphatic carbocycles. The van der Waals surface area contributed by atoms with E-state index < -0.39 is 5.60 Å². The molecule has 1 fully saturated rings. The summed E-state index contributed by atoms with van der Waals surface area (Å²) in [5.41, 5.74) is 0.567. The largest absolute Gasteiger partial charge is 0.387 e. The van der Waals surface area contributed by atoms with Crippen LogP contribution in [0, 0.1) is 0 Å². The van der Waals surface area contributed by atoms with E-state index in [1.54, 1.807) is 15.6 Å². The SMILES string of the molecule is CN(C)C[C@]1(O)CCN(C(=O)c2cnn3ccccc23)C1. The van der Waals surface area contributed by atoms with Crippen molar-refractivity contribution in [3.8, 4) is 0 Å². The highest BCUT2D eigenvalue weighted by Crippen LogP contribution is 2.24. The van der Waals surface area contributed by atoms with Gasteiger partial charge >= 0.3 is 0 Å². The van der Waals surface area contributed by atoms with Gasteiger partial charge < -0.3 is 14.9 Å². The monoisotopic (exact) mass is 288 g/mol. The summed E-state index contributed by atoms with van der Waals surface area (Å²) in [4.78, 5) is 16.3. The molecule has 1 N–H and O–H groups in total. The van der Waals surface area contributed by atoms with Crippen LogP contribution in [0.4, 0.5) is 0 Å². The van der Waals surface area contributed by atoms with Crippen LogP contribution in [0.5, 0.6) is 0 Å². The standard InChI is InChI=1S/C15H20N4O2/c1-17(2)10-15(21)6-8-18(11-15)14(20)12-9-16-19-7-4-3-5-13(12)19/h3-5,7,9,21H,6,8,10-11H2,1-2H3/t15-/m1/s1. The molecule has 0 aromatic carbocycles. The van der Waals surface area contributed by atoms with Gasteiger partial charge in [0.1, 0.15) is 0 Å². The number of hydrogen-bond donors (Lipinski definition) is 1. The Hall–Kier alpha value is -1.92. The van der Waals surface area contributed by atoms with E-state index in [0.29, 0.717) is 31.6 Å². The maximum absolute atomic E-state index is 12.6. The Balaban J connectivity index is 1.81. The molecule has 0 saturated carbocycles. The summed E-state index contributed by atoms with van der Waals surface area (Å²) in [5.74, 6) is -0.0640. The first-order chi connectivity index (χ1) is 9.98. The third kappa shape index (κ3) is 2.64. The minimum absolute atomic E-state index is 0.0640. The van der Waals surface area contributed by atoms with Crippen LogP contribution in [-0.2, 0) is 0 Å². The zero-order valence-corrected chi connectivity index (χ0v) is 12.4. The average Bonchev–Trinajstić information content (AvgIpc) is 3.01. The smallest absolute Gasteiger partial charge is 0.257 e. The van der Waals surface area contributed by atoms with Crippen molar-refractivity contribution in [2.45, 2.75) is 12.0 Å². The van der Waals surface area contributed by atoms with Crippen molar-refractivity contribution >= 4 is 11.4 Å². The van der Waals surface area contributed by atoms with E-state index in [0.717, 1.165) is 5.52 Å². The van der Waals surface area contributed by atoms with Crippen LogP contribution in [0.15, 0.2) is 30.6 Å². The van der Waals surface area contributed by atoms with Crippen LogP contribution in [-0.4, -0.2) is 69.8 Å². The first kappa shape index (κ1) is 14.0. The molecular formula is C15H20N4O2. The lowest BCUT2D eigenvalue weighted by Crippen LogP contribution is -2.43. The van der Waals surface area contributed by atoms with Gasteiger partial charge in [-0.2, -0.15) is 5.10 Å². The molecule has 6 nitrogen and oxygen atoms in total. The van der Waals surface area contributed by atoms with Gasteiger partial charge in [0.05, 0.1) is 29.4 Å². The molecule has 1 aliphatic rings. The number of hydrogen-bond acceptors (Lipinski definition) is 4. The normalized spacial score (nSPS) is 22.4. The van der Waals surface area contributed by atoms with Crippen LogP contribution in [0.1, 0.15) is 16.8 Å². The first-order valence-electron chi connectivity index (χ1n) is 7.07. The quantitative estimate of drug-likeness (QED) is 0.892. The maximum atomic E-state index is 12.6. The third-order valence-corrected chi connectivity index (χ3v) is 3.89. The molecule has 0 unspecified atom stereocenters. The van der Waals surface area contributed by atoms with Crippen molar-refractivity contribution in [2.24, 2.45) is 0 Å². The molecule has 1 amide bonds. The zero-order chi connectivity index (χ0) is 15.0. The average molecular weight is 288 g/mol. The van der Waals surface area contributed by atoms with Gasteiger partial charge in [0.25, 0.3) is 5.91 Å². The van der Waals surface area contributed by atoms with E-state index in [1.807, 2.05) is 43.4 Å². The molecule has 2 aromatic rings. The second kappa shape index (κ2) is 5.13. The summed E-state index contributed by atoms with van der Waals surface area (Å²) in [7, 11) is 3.85. The van der Waals surface area contributed by atoms with Crippen molar-refractivity contribution in [1.29, 1.82) is 0 Å². The second-order valence-corrected chi connectivity index (χ2v) is 6.03. The number of pyridine rings is 1. The number of carbonyl (C=O) groups is 1. The van der Waals surface area contributed by atoms with E-state index in [2.05, 4.69) is 5.10 Å². The summed E-state index contributed by atoms with van der Waals surface area (Å²) >= 11 is 0. The number of aromatic nitrogens is 2. The van der Waals surface area contributed by atoms with Crippen molar-refractivity contribution in [3.63, 3.8) is 0 Å². The number of likely N-dealkylation sites (N-methyl/N-ethyl adjacent to an activating group) is 1. The molecule has 2 aromatic heterocycles. The van der Waals surface area contributed by atoms with Crippen LogP contribution in [0.25, 0.3) is 5.52 Å². The van der Waals surface area contributed by atoms with Gasteiger partial charge in [-0.25, -0.2) is 4.52 Å². The van der Waals surface area contributed by atoms with Gasteiger partial charge in [-0.05, 0) is 32.6 Å². The highest BCUT2D eigenvalue weighted by Gasteiger charge is 2.39. The predicted molar refractivity (Wildman–Crippen MR) is 79.2 cm³/mol. The summed E-state index contributed by atoms with van der Waals surface area (Å²) in [6.07, 6.45) is 4.02. The number of likely N-dealkylation sites (tertiary alicyclic amines) is 1. The Morgan fingerprint density at radius 3 is 3.05 bits per heavy atom. The minimum Gasteiger partial charge on any atom is -0.387 e. The fraction of sp³-hybridized carbons (Fsp3) is 0.467. The van der Waals surface area contributed by atoms with E-state index >= 15 is 0 Å². The van der Waals surface area contributed by atoms with Gasteiger partial charge in [0, 0.05) is 19.3 Å². The molecule has 0 spiro atoms. The molecule has 6 heteroatoms. The number of aliphatic hydroxyl groups is 1. The van der Waals surface area contributed by atoms with E-state index in [4.69, 9.17) is 0 Å². The molecule has 1 saturated heterocycles. The Morgan fingerprint density at radius 1 is 1.48 bits per heavy atom. The first-order valence-corrected chi connectivity index (χ1v) is 7.07. The van der Waals surface area contributed by atoms with Gasteiger partial charge in [-0.15, -0.1) is 0 Å². The van der Waals surface area contributed by atoms with Crippen molar-refractivity contribution in [3.05, 3.63) is 36.2 Å². The Kier molecular flexibility index (Phi) is 3.43. The number of rotatable bonds is 3. The zero-order valence-electron chi connectivity index (χ0n) is 12.4. The van der Waals surface area contributed by atoms with E-state index in [9.17, 15) is 9.90 Å². The van der Waals surface area contributed by atoms with Crippen LogP contribution < -0.4 is 0 Å². The molecule has 3 heterocycles. The van der Waals surface area contributed by atoms with Gasteiger partial charge in [-0.3, -0.25) is 4.79 Å². The number of carbonyl (C=O) groups excluding carboxylic acids is 1. The lowest BCUT2D eigenvalue weighted by atomic mass is 10.0. The summed E-state index contributed by atoms with van der Waals surface area (Å²) in [5, 5.41) is 14.7. The molecule has 1 atom stereocenters. The number of fused-ring (bicyclic) bond motifs is 1. The van der Waals surface area contributed by atoms with Crippen molar-refractivity contribution < 1.29 is 9.90 Å². The van der Waals surface area contributed by atoms with Crippen molar-refractivity contribution in [2.75, 3.05) is 33.7 Å². The predicted octanol–water partition coefficient (Wildman–Crippen LogP) is 0.473. The van der Waals surface area contributed by atoms with Gasteiger partial charge in [0.15, 0.2) is 0 Å². The lowest BCUT2D eigenvalue weighted by Gasteiger charge is -2.26. The topological polar surface area (TPSA) is 61.1 Å². The molecule has 0 radical (unpaired) electrons. The fourth-order valence-electron chi connectivity index (χ4n) is 3.02. The minimum atomic E-state index is -0.817. The number of nitrogens with zero attached hydrogens (tertiary/aromatic N) is 4. The number of amides is 1. The van der Waals surface area contributed by atoms with E-state index in [1.165, 1.54) is 0 Å². The van der Waals surface area contributed by atoms with Crippen molar-refractivity contribution in [1.82, 2.24) is 19.4 Å². The second-order valence-electron chi connectivity index (χ2n) is 6.03. The Morgan fingerprint density at radius 2 is 2.29 bits per heavy atom. The Bertz CT molecular complexity index is 666. The molecule has 3 rings (SSSR count). The lowest BCUT2D eigenvalue weighted by molar-refractivity contribution is 0.0236. The van der Waals surface area contributed by atoms with Crippen LogP contribution in [0.2, 0.25) is 0 Å². The Labute approximate surface area is 123 Å². The van der Waals surface area contributed by atoms with E-state index in [-0.39, 0.29) is 5.91 Å². The van der Waals surface area contributed by atoms with Gasteiger partial charge in [0.2, 0.25) is 0 Å². The third-order valence-electron chi connectivity index (χ3n) is 3.89. The maximum Gasteiger partial charge on any atom is 0.257 e. The van der Waals surface area contributed by atoms with Crippen LogP contribution >= 0.6 is 0 Å². The summed E-state index contributed by atoms with van der Waals surface area (Å²) < 4.78 is 1.69. The number of β-amino-alcohol motifs (C(OH)–C–C–N with tert-alkyl or cyclic N) is 1. The van der Waals surface area contributed by atoms with Crippen LogP contribution in [0.3, 0.4) is 0 Å². The highest BCUT2D eigenvalue weighted by atomic mass is 16.3. The summed E-state index contributed by atoms with van der Waals surface area (Å²) in [6, 6.07) is 5.64. The molecule has 1 aliphatic heterocycles. The highest BCUT2D eigenvalue weighted by molar-refractivity contribution is 6.00. The molecule has 0 bridgehead atoms. The molecule has 21 heavy (non-hydrogen) atoms.